The number of nitrogens with one attached hydrogen (secondary N) is 3. The molecule has 28 heavy (non-hydrogen) atoms. The standard InChI is InChI=1S/C19H17ClFN5O2/c20-11-4-1-9-5-12(23-16(9)15(11)21)17-14-13(24-25-17)6-26(19(14)7-28-8-19)18(27)22-10-2-3-10/h1,4-5,10,23H,2-3,6-8H2,(H,22,27)(H,24,25). The molecule has 1 aromatic carbocycles. The lowest BCUT2D eigenvalue weighted by Gasteiger charge is -2.45. The Kier molecular flexibility index (Phi) is 3.21. The van der Waals surface area contributed by atoms with Gasteiger partial charge in [0, 0.05) is 17.0 Å². The van der Waals surface area contributed by atoms with Crippen LogP contribution in [0.3, 0.4) is 0 Å². The van der Waals surface area contributed by atoms with Gasteiger partial charge in [-0.2, -0.15) is 5.10 Å². The Balaban J connectivity index is 1.44. The molecule has 0 bridgehead atoms. The van der Waals surface area contributed by atoms with E-state index in [0.717, 1.165) is 24.1 Å². The number of ether oxygens (including phenoxy) is 1. The van der Waals surface area contributed by atoms with E-state index in [9.17, 15) is 9.18 Å². The molecule has 3 N–H and O–H groups in total. The number of amides is 2. The van der Waals surface area contributed by atoms with Gasteiger partial charge in [0.1, 0.15) is 11.2 Å². The van der Waals surface area contributed by atoms with Gasteiger partial charge in [0.2, 0.25) is 0 Å². The number of hydrogen-bond donors (Lipinski definition) is 3. The Morgan fingerprint density at radius 3 is 2.93 bits per heavy atom. The van der Waals surface area contributed by atoms with E-state index in [2.05, 4.69) is 20.5 Å². The molecule has 2 aromatic heterocycles. The van der Waals surface area contributed by atoms with E-state index in [4.69, 9.17) is 16.3 Å². The molecule has 1 saturated heterocycles. The average molecular weight is 402 g/mol. The predicted octanol–water partition coefficient (Wildman–Crippen LogP) is 3.26. The average Bonchev–Trinajstić information content (AvgIpc) is 3.06. The highest BCUT2D eigenvalue weighted by Crippen LogP contribution is 2.48. The number of aromatic nitrogens is 3. The fourth-order valence-electron chi connectivity index (χ4n) is 4.24. The number of halogens is 2. The van der Waals surface area contributed by atoms with Crippen LogP contribution in [0.2, 0.25) is 5.02 Å². The number of nitrogens with zero attached hydrogens (tertiary/aromatic N) is 2. The minimum Gasteiger partial charge on any atom is -0.376 e. The molecule has 2 aliphatic heterocycles. The van der Waals surface area contributed by atoms with Crippen LogP contribution in [0.4, 0.5) is 9.18 Å². The second-order valence-electron chi connectivity index (χ2n) is 7.77. The van der Waals surface area contributed by atoms with Gasteiger partial charge < -0.3 is 19.9 Å². The monoisotopic (exact) mass is 401 g/mol. The third kappa shape index (κ3) is 2.13. The van der Waals surface area contributed by atoms with Crippen molar-refractivity contribution >= 4 is 28.5 Å². The van der Waals surface area contributed by atoms with Crippen molar-refractivity contribution in [2.75, 3.05) is 13.2 Å². The molecule has 6 rings (SSSR count). The highest BCUT2D eigenvalue weighted by atomic mass is 35.5. The minimum absolute atomic E-state index is 0.0694. The van der Waals surface area contributed by atoms with Crippen LogP contribution in [0.1, 0.15) is 24.1 Å². The Labute approximate surface area is 164 Å². The summed E-state index contributed by atoms with van der Waals surface area (Å²) in [6.45, 7) is 1.29. The van der Waals surface area contributed by atoms with Crippen LogP contribution in [0.25, 0.3) is 22.3 Å². The van der Waals surface area contributed by atoms with Crippen LogP contribution < -0.4 is 5.32 Å². The first-order valence-corrected chi connectivity index (χ1v) is 9.65. The molecule has 0 atom stereocenters. The third-order valence-corrected chi connectivity index (χ3v) is 6.20. The van der Waals surface area contributed by atoms with E-state index in [-0.39, 0.29) is 17.1 Å². The molecule has 1 saturated carbocycles. The van der Waals surface area contributed by atoms with E-state index in [0.29, 0.717) is 42.0 Å². The molecular formula is C19H17ClFN5O2. The van der Waals surface area contributed by atoms with Gasteiger partial charge in [-0.1, -0.05) is 17.7 Å². The molecule has 3 aromatic rings. The molecule has 3 aliphatic rings. The van der Waals surface area contributed by atoms with Gasteiger partial charge in [-0.25, -0.2) is 9.18 Å². The van der Waals surface area contributed by atoms with Crippen LogP contribution in [0.5, 0.6) is 0 Å². The summed E-state index contributed by atoms with van der Waals surface area (Å²) < 4.78 is 19.9. The van der Waals surface area contributed by atoms with E-state index in [1.54, 1.807) is 6.07 Å². The summed E-state index contributed by atoms with van der Waals surface area (Å²) in [7, 11) is 0. The number of fused-ring (bicyclic) bond motifs is 3. The minimum atomic E-state index is -0.538. The lowest BCUT2D eigenvalue weighted by Crippen LogP contribution is -2.60. The quantitative estimate of drug-likeness (QED) is 0.616. The molecule has 0 unspecified atom stereocenters. The summed E-state index contributed by atoms with van der Waals surface area (Å²) >= 11 is 5.91. The van der Waals surface area contributed by atoms with E-state index in [1.807, 2.05) is 11.0 Å². The highest BCUT2D eigenvalue weighted by molar-refractivity contribution is 6.31. The van der Waals surface area contributed by atoms with E-state index in [1.165, 1.54) is 6.07 Å². The molecule has 0 radical (unpaired) electrons. The van der Waals surface area contributed by atoms with Gasteiger partial charge in [-0.15, -0.1) is 0 Å². The SMILES string of the molecule is O=C(NC1CC1)N1Cc2[nH]nc(-c3cc4ccc(Cl)c(F)c4[nH]3)c2C12COC2. The van der Waals surface area contributed by atoms with Crippen molar-refractivity contribution in [3.8, 4) is 11.4 Å². The van der Waals surface area contributed by atoms with Crippen LogP contribution in [0, 0.1) is 5.82 Å². The Bertz CT molecular complexity index is 1130. The van der Waals surface area contributed by atoms with Crippen molar-refractivity contribution in [1.29, 1.82) is 0 Å². The summed E-state index contributed by atoms with van der Waals surface area (Å²) in [4.78, 5) is 17.7. The summed E-state index contributed by atoms with van der Waals surface area (Å²) in [5, 5.41) is 11.4. The maximum atomic E-state index is 14.4. The van der Waals surface area contributed by atoms with Crippen molar-refractivity contribution in [2.45, 2.75) is 31.0 Å². The second kappa shape index (κ2) is 5.48. The molecule has 2 fully saturated rings. The van der Waals surface area contributed by atoms with Gasteiger partial charge in [0.25, 0.3) is 0 Å². The van der Waals surface area contributed by atoms with Crippen molar-refractivity contribution < 1.29 is 13.9 Å². The second-order valence-corrected chi connectivity index (χ2v) is 8.18. The number of hydrogen-bond acceptors (Lipinski definition) is 3. The topological polar surface area (TPSA) is 86.0 Å². The maximum Gasteiger partial charge on any atom is 0.318 e. The van der Waals surface area contributed by atoms with Crippen molar-refractivity contribution in [1.82, 2.24) is 25.4 Å². The number of H-pyrrole nitrogens is 2. The summed E-state index contributed by atoms with van der Waals surface area (Å²) in [6, 6.07) is 5.37. The van der Waals surface area contributed by atoms with E-state index >= 15 is 0 Å². The molecule has 1 spiro atoms. The van der Waals surface area contributed by atoms with Gasteiger partial charge in [0.05, 0.1) is 41.7 Å². The Hall–Kier alpha value is -2.58. The van der Waals surface area contributed by atoms with Gasteiger partial charge >= 0.3 is 6.03 Å². The lowest BCUT2D eigenvalue weighted by atomic mass is 9.87. The third-order valence-electron chi connectivity index (χ3n) is 5.91. The molecule has 2 amide bonds. The van der Waals surface area contributed by atoms with Gasteiger partial charge in [-0.3, -0.25) is 5.10 Å². The number of aromatic amines is 2. The molecule has 4 heterocycles. The number of carbonyl (C=O) groups excluding carboxylic acids is 1. The molecule has 1 aliphatic carbocycles. The van der Waals surface area contributed by atoms with Crippen molar-refractivity contribution in [2.24, 2.45) is 0 Å². The van der Waals surface area contributed by atoms with Crippen LogP contribution in [-0.2, 0) is 16.8 Å². The van der Waals surface area contributed by atoms with Gasteiger partial charge in [-0.05, 0) is 25.0 Å². The summed E-state index contributed by atoms with van der Waals surface area (Å²) in [5.41, 5.74) is 3.02. The smallest absolute Gasteiger partial charge is 0.318 e. The van der Waals surface area contributed by atoms with Gasteiger partial charge in [0.15, 0.2) is 5.82 Å². The zero-order valence-corrected chi connectivity index (χ0v) is 15.6. The van der Waals surface area contributed by atoms with Crippen molar-refractivity contribution in [3.05, 3.63) is 40.3 Å². The number of carbonyl (C=O) groups is 1. The first kappa shape index (κ1) is 16.4. The van der Waals surface area contributed by atoms with Crippen LogP contribution >= 0.6 is 11.6 Å². The van der Waals surface area contributed by atoms with E-state index < -0.39 is 11.4 Å². The summed E-state index contributed by atoms with van der Waals surface area (Å²) in [5.74, 6) is -0.482. The first-order chi connectivity index (χ1) is 13.6. The highest BCUT2D eigenvalue weighted by Gasteiger charge is 2.56. The predicted molar refractivity (Wildman–Crippen MR) is 100 cm³/mol. The Morgan fingerprint density at radius 2 is 2.21 bits per heavy atom. The van der Waals surface area contributed by atoms with Crippen LogP contribution in [0.15, 0.2) is 18.2 Å². The first-order valence-electron chi connectivity index (χ1n) is 9.27. The van der Waals surface area contributed by atoms with Crippen LogP contribution in [-0.4, -0.2) is 45.4 Å². The fourth-order valence-corrected chi connectivity index (χ4v) is 4.40. The maximum absolute atomic E-state index is 14.4. The fraction of sp³-hybridized carbons (Fsp3) is 0.368. The lowest BCUT2D eigenvalue weighted by molar-refractivity contribution is -0.122. The molecule has 9 heteroatoms. The normalized spacial score (nSPS) is 19.9. The zero-order chi connectivity index (χ0) is 19.0. The Morgan fingerprint density at radius 1 is 1.39 bits per heavy atom. The molecule has 7 nitrogen and oxygen atoms in total. The largest absolute Gasteiger partial charge is 0.376 e. The number of benzene rings is 1. The zero-order valence-electron chi connectivity index (χ0n) is 14.8. The summed E-state index contributed by atoms with van der Waals surface area (Å²) in [6.07, 6.45) is 2.06. The number of rotatable bonds is 2. The number of urea groups is 1. The van der Waals surface area contributed by atoms with Crippen molar-refractivity contribution in [3.63, 3.8) is 0 Å². The molecule has 144 valence electrons. The molecular weight excluding hydrogens is 385 g/mol.